The lowest BCUT2D eigenvalue weighted by Crippen LogP contribution is -2.52. The number of rotatable bonds is 11. The van der Waals surface area contributed by atoms with Crippen LogP contribution in [0.5, 0.6) is 5.75 Å². The van der Waals surface area contributed by atoms with Crippen molar-refractivity contribution in [2.45, 2.75) is 76.2 Å². The van der Waals surface area contributed by atoms with E-state index in [1.54, 1.807) is 11.8 Å². The summed E-state index contributed by atoms with van der Waals surface area (Å²) in [5, 5.41) is 6.66. The van der Waals surface area contributed by atoms with Gasteiger partial charge in [0, 0.05) is 63.5 Å². The minimum absolute atomic E-state index is 0.0494. The number of phosphoric ester groups is 1. The number of carbonyl (C=O) groups is 4. The molecule has 4 atom stereocenters. The predicted octanol–water partition coefficient (Wildman–Crippen LogP) is 2.84. The van der Waals surface area contributed by atoms with Crippen LogP contribution in [0, 0.1) is 11.6 Å². The Labute approximate surface area is 318 Å². The molecule has 22 heteroatoms. The lowest BCUT2D eigenvalue weighted by atomic mass is 9.84. The summed E-state index contributed by atoms with van der Waals surface area (Å²) in [5.41, 5.74) is -1.98. The Morgan fingerprint density at radius 2 is 1.93 bits per heavy atom. The van der Waals surface area contributed by atoms with E-state index in [2.05, 4.69) is 15.0 Å². The number of benzene rings is 1. The third-order valence-corrected chi connectivity index (χ3v) is 10.8. The zero-order valence-electron chi connectivity index (χ0n) is 30.6. The average Bonchev–Trinajstić information content (AvgIpc) is 3.73. The molecule has 4 aliphatic rings. The van der Waals surface area contributed by atoms with Crippen LogP contribution in [0.3, 0.4) is 0 Å². The maximum atomic E-state index is 14.4. The Morgan fingerprint density at radius 1 is 1.16 bits per heavy atom. The second-order valence-electron chi connectivity index (χ2n) is 14.1. The third-order valence-electron chi connectivity index (χ3n) is 10.3. The van der Waals surface area contributed by atoms with Gasteiger partial charge in [-0.3, -0.25) is 14.4 Å². The predicted molar refractivity (Wildman–Crippen MR) is 187 cm³/mol. The van der Waals surface area contributed by atoms with Crippen molar-refractivity contribution in [1.82, 2.24) is 24.6 Å². The molecule has 1 aromatic heterocycles. The number of aromatic nitrogens is 1. The molecule has 304 valence electrons. The SMILES string of the molecule is CC1=NO[C@@]2(CC[C@H](C)N3C[C@H]2n2cc(C(=O)NCc4ccc(F)cc4F)c(=O)c(OCOC(=O)N(C)C[C@@H]4CCCN4C(=O)OCOP(=O)(O)O)c2C3=O)C1. The van der Waals surface area contributed by atoms with Gasteiger partial charge in [0.15, 0.2) is 11.3 Å². The number of fused-ring (bicyclic) bond motifs is 5. The van der Waals surface area contributed by atoms with Crippen LogP contribution in [0.2, 0.25) is 0 Å². The average molecular weight is 811 g/mol. The van der Waals surface area contributed by atoms with Gasteiger partial charge in [0.25, 0.3) is 11.8 Å². The van der Waals surface area contributed by atoms with Crippen molar-refractivity contribution in [2.24, 2.45) is 5.16 Å². The zero-order valence-corrected chi connectivity index (χ0v) is 31.5. The lowest BCUT2D eigenvalue weighted by Gasteiger charge is -2.42. The molecule has 2 fully saturated rings. The van der Waals surface area contributed by atoms with Crippen molar-refractivity contribution >= 4 is 37.5 Å². The molecule has 19 nitrogen and oxygen atoms in total. The number of phosphoric acid groups is 1. The fourth-order valence-corrected chi connectivity index (χ4v) is 7.67. The summed E-state index contributed by atoms with van der Waals surface area (Å²) < 4.78 is 60.3. The van der Waals surface area contributed by atoms with Crippen LogP contribution in [0.4, 0.5) is 18.4 Å². The van der Waals surface area contributed by atoms with E-state index in [0.717, 1.165) is 17.0 Å². The normalized spacial score (nSPS) is 22.9. The van der Waals surface area contributed by atoms with Gasteiger partial charge < -0.3 is 53.4 Å². The monoisotopic (exact) mass is 810 g/mol. The molecule has 0 saturated carbocycles. The van der Waals surface area contributed by atoms with Gasteiger partial charge in [0.05, 0.1) is 17.8 Å². The molecule has 5 heterocycles. The van der Waals surface area contributed by atoms with Crippen LogP contribution >= 0.6 is 7.82 Å². The fraction of sp³-hybridized carbons (Fsp3) is 0.529. The highest BCUT2D eigenvalue weighted by molar-refractivity contribution is 7.46. The molecule has 1 spiro atoms. The number of pyridine rings is 1. The number of oxime groups is 1. The number of carbonyl (C=O) groups excluding carboxylic acids is 4. The van der Waals surface area contributed by atoms with E-state index in [-0.39, 0.29) is 36.9 Å². The van der Waals surface area contributed by atoms with Gasteiger partial charge in [0.1, 0.15) is 17.2 Å². The molecule has 2 bridgehead atoms. The van der Waals surface area contributed by atoms with E-state index in [1.165, 1.54) is 22.7 Å². The smallest absolute Gasteiger partial charge is 0.451 e. The first-order valence-corrected chi connectivity index (χ1v) is 19.2. The molecule has 2 saturated heterocycles. The molecule has 56 heavy (non-hydrogen) atoms. The molecule has 0 radical (unpaired) electrons. The fourth-order valence-electron chi connectivity index (χ4n) is 7.48. The number of nitrogens with one attached hydrogen (secondary N) is 1. The number of nitrogens with zero attached hydrogens (tertiary/aromatic N) is 5. The molecule has 2 aromatic rings. The van der Waals surface area contributed by atoms with Crippen LogP contribution in [0.15, 0.2) is 34.3 Å². The van der Waals surface area contributed by atoms with Gasteiger partial charge >= 0.3 is 20.0 Å². The van der Waals surface area contributed by atoms with Crippen LogP contribution in [0.1, 0.15) is 78.4 Å². The minimum Gasteiger partial charge on any atom is -0.451 e. The largest absolute Gasteiger partial charge is 0.472 e. The molecule has 1 aromatic carbocycles. The van der Waals surface area contributed by atoms with Crippen LogP contribution in [0.25, 0.3) is 0 Å². The van der Waals surface area contributed by atoms with E-state index in [1.807, 2.05) is 6.92 Å². The number of likely N-dealkylation sites (tertiary alicyclic amines) is 1. The minimum atomic E-state index is -4.87. The topological polar surface area (TPSA) is 228 Å². The van der Waals surface area contributed by atoms with Crippen LogP contribution < -0.4 is 15.5 Å². The zero-order chi connectivity index (χ0) is 40.5. The molecule has 4 aliphatic heterocycles. The maximum Gasteiger partial charge on any atom is 0.472 e. The molecule has 0 aliphatic carbocycles. The first kappa shape index (κ1) is 40.6. The summed E-state index contributed by atoms with van der Waals surface area (Å²) in [5.74, 6) is -3.83. The van der Waals surface area contributed by atoms with Crippen LogP contribution in [-0.2, 0) is 29.9 Å². The highest BCUT2D eigenvalue weighted by Gasteiger charge is 2.54. The lowest BCUT2D eigenvalue weighted by molar-refractivity contribution is -0.0657. The molecule has 3 N–H and O–H groups in total. The Balaban J connectivity index is 1.23. The third kappa shape index (κ3) is 8.49. The van der Waals surface area contributed by atoms with Crippen molar-refractivity contribution in [2.75, 3.05) is 40.3 Å². The van der Waals surface area contributed by atoms with Crippen molar-refractivity contribution < 1.29 is 65.9 Å². The van der Waals surface area contributed by atoms with Crippen molar-refractivity contribution in [3.05, 3.63) is 63.1 Å². The number of ether oxygens (including phenoxy) is 3. The van der Waals surface area contributed by atoms with Gasteiger partial charge in [-0.05, 0) is 45.6 Å². The number of halogens is 2. The molecule has 6 rings (SSSR count). The maximum absolute atomic E-state index is 14.4. The highest BCUT2D eigenvalue weighted by Crippen LogP contribution is 2.46. The number of hydrogen-bond donors (Lipinski definition) is 3. The van der Waals surface area contributed by atoms with Crippen LogP contribution in [-0.4, -0.2) is 117 Å². The Hall–Kier alpha value is -5.11. The van der Waals surface area contributed by atoms with Crippen molar-refractivity contribution in [3.8, 4) is 5.75 Å². The Morgan fingerprint density at radius 3 is 2.62 bits per heavy atom. The van der Waals surface area contributed by atoms with E-state index in [0.29, 0.717) is 43.9 Å². The Bertz CT molecular complexity index is 2040. The standard InChI is InChI=1S/C34H41F2N6O13P/c1-19-12-34(55-38-19)9-8-20(2)41-16-26(34)42-15-24(30(44)37-13-21-6-7-22(35)11-25(21)36)28(43)29(27(42)31(41)45)51-17-52-32(46)39(3)14-23-5-4-10-40(23)33(47)53-18-54-56(48,49)50/h6-7,11,15,20,23,26H,4-5,8-10,12-14,16-18H2,1-3H3,(H,37,44)(H2,48,49,50)/t20-,23-,26+,34-/m0/s1. The summed E-state index contributed by atoms with van der Waals surface area (Å²) in [4.78, 5) is 95.1. The number of likely N-dealkylation sites (N-methyl/N-ethyl adjacent to an activating group) is 1. The highest BCUT2D eigenvalue weighted by atomic mass is 31.2. The van der Waals surface area contributed by atoms with Crippen molar-refractivity contribution in [3.63, 3.8) is 0 Å². The second-order valence-corrected chi connectivity index (χ2v) is 15.3. The summed E-state index contributed by atoms with van der Waals surface area (Å²) in [6.07, 6.45) is 1.81. The first-order valence-electron chi connectivity index (χ1n) is 17.7. The summed E-state index contributed by atoms with van der Waals surface area (Å²) in [7, 11) is -3.49. The molecular weight excluding hydrogens is 769 g/mol. The van der Waals surface area contributed by atoms with Gasteiger partial charge in [-0.1, -0.05) is 11.2 Å². The molecule has 4 amide bonds. The van der Waals surface area contributed by atoms with E-state index >= 15 is 0 Å². The van der Waals surface area contributed by atoms with E-state index in [9.17, 15) is 37.3 Å². The van der Waals surface area contributed by atoms with Gasteiger partial charge in [-0.15, -0.1) is 0 Å². The molecular formula is C34H41F2N6O13P. The van der Waals surface area contributed by atoms with Gasteiger partial charge in [-0.25, -0.2) is 27.5 Å². The van der Waals surface area contributed by atoms with Gasteiger partial charge in [0.2, 0.25) is 24.8 Å². The van der Waals surface area contributed by atoms with E-state index < -0.39 is 98.0 Å². The van der Waals surface area contributed by atoms with Gasteiger partial charge in [-0.2, -0.15) is 0 Å². The first-order chi connectivity index (χ1) is 26.5. The summed E-state index contributed by atoms with van der Waals surface area (Å²) >= 11 is 0. The second kappa shape index (κ2) is 16.2. The number of hydrogen-bond acceptors (Lipinski definition) is 12. The Kier molecular flexibility index (Phi) is 11.7. The van der Waals surface area contributed by atoms with E-state index in [4.69, 9.17) is 28.8 Å². The quantitative estimate of drug-likeness (QED) is 0.219. The van der Waals surface area contributed by atoms with Crippen molar-refractivity contribution in [1.29, 1.82) is 0 Å². The summed E-state index contributed by atoms with van der Waals surface area (Å²) in [6.45, 7) is 1.74. The molecule has 0 unspecified atom stereocenters. The number of amides is 4. The summed E-state index contributed by atoms with van der Waals surface area (Å²) in [6, 6.07) is 1.34.